The molecule has 0 aliphatic carbocycles. The maximum atomic E-state index is 5.62. The zero-order chi connectivity index (χ0) is 15.1. The molecule has 5 nitrogen and oxygen atoms in total. The van der Waals surface area contributed by atoms with Gasteiger partial charge in [0.05, 0.1) is 26.0 Å². The van der Waals surface area contributed by atoms with Gasteiger partial charge < -0.3 is 14.8 Å². The van der Waals surface area contributed by atoms with Gasteiger partial charge in [-0.3, -0.25) is 9.88 Å². The molecule has 2 heterocycles. The molecular weight excluding hydrogens is 266 g/mol. The Labute approximate surface area is 127 Å². The molecule has 1 fully saturated rings. The summed E-state index contributed by atoms with van der Waals surface area (Å²) >= 11 is 0. The highest BCUT2D eigenvalue weighted by molar-refractivity contribution is 5.26. The Bertz CT molecular complexity index is 440. The van der Waals surface area contributed by atoms with Crippen molar-refractivity contribution in [2.24, 2.45) is 0 Å². The van der Waals surface area contributed by atoms with E-state index in [0.29, 0.717) is 6.04 Å². The van der Waals surface area contributed by atoms with E-state index in [9.17, 15) is 0 Å². The van der Waals surface area contributed by atoms with Gasteiger partial charge in [-0.05, 0) is 19.9 Å². The molecule has 0 radical (unpaired) electrons. The summed E-state index contributed by atoms with van der Waals surface area (Å²) in [5, 5.41) is 3.49. The number of ether oxygens (including phenoxy) is 2. The first-order valence-corrected chi connectivity index (χ1v) is 7.77. The van der Waals surface area contributed by atoms with Crippen LogP contribution in [0.1, 0.15) is 24.7 Å². The summed E-state index contributed by atoms with van der Waals surface area (Å²) in [6.45, 7) is 9.61. The molecule has 0 amide bonds. The molecule has 0 saturated carbocycles. The van der Waals surface area contributed by atoms with Gasteiger partial charge >= 0.3 is 0 Å². The third kappa shape index (κ3) is 4.95. The second-order valence-corrected chi connectivity index (χ2v) is 5.54. The van der Waals surface area contributed by atoms with E-state index >= 15 is 0 Å². The lowest BCUT2D eigenvalue weighted by atomic mass is 10.2. The van der Waals surface area contributed by atoms with Crippen molar-refractivity contribution >= 4 is 0 Å². The molecule has 1 atom stereocenters. The average Bonchev–Trinajstić information content (AvgIpc) is 2.48. The van der Waals surface area contributed by atoms with Crippen molar-refractivity contribution in [2.45, 2.75) is 32.9 Å². The fourth-order valence-electron chi connectivity index (χ4n) is 2.64. The van der Waals surface area contributed by atoms with E-state index < -0.39 is 0 Å². The van der Waals surface area contributed by atoms with Gasteiger partial charge in [0, 0.05) is 43.5 Å². The third-order valence-electron chi connectivity index (χ3n) is 3.74. The fraction of sp³-hybridized carbons (Fsp3) is 0.688. The molecule has 2 rings (SSSR count). The van der Waals surface area contributed by atoms with Crippen molar-refractivity contribution < 1.29 is 9.47 Å². The van der Waals surface area contributed by atoms with Gasteiger partial charge in [-0.2, -0.15) is 0 Å². The van der Waals surface area contributed by atoms with Crippen molar-refractivity contribution in [2.75, 3.05) is 40.0 Å². The van der Waals surface area contributed by atoms with Crippen molar-refractivity contribution in [3.63, 3.8) is 0 Å². The second kappa shape index (κ2) is 8.32. The number of morpholine rings is 1. The molecule has 0 bridgehead atoms. The molecule has 1 N–H and O–H groups in total. The van der Waals surface area contributed by atoms with E-state index in [1.807, 2.05) is 19.1 Å². The molecular formula is C16H27N3O2. The predicted molar refractivity (Wildman–Crippen MR) is 83.7 cm³/mol. The number of nitrogens with zero attached hydrogens (tertiary/aromatic N) is 2. The average molecular weight is 293 g/mol. The largest absolute Gasteiger partial charge is 0.497 e. The minimum Gasteiger partial charge on any atom is -0.497 e. The van der Waals surface area contributed by atoms with Crippen LogP contribution >= 0.6 is 0 Å². The Hall–Kier alpha value is -1.17. The normalized spacial score (nSPS) is 19.7. The minimum absolute atomic E-state index is 0.415. The highest BCUT2D eigenvalue weighted by Crippen LogP contribution is 2.17. The third-order valence-corrected chi connectivity index (χ3v) is 3.74. The molecule has 1 aromatic heterocycles. The Morgan fingerprint density at radius 3 is 3.10 bits per heavy atom. The molecule has 0 aromatic carbocycles. The van der Waals surface area contributed by atoms with Crippen molar-refractivity contribution in [1.82, 2.24) is 15.2 Å². The monoisotopic (exact) mass is 293 g/mol. The van der Waals surface area contributed by atoms with E-state index in [1.54, 1.807) is 7.11 Å². The summed E-state index contributed by atoms with van der Waals surface area (Å²) in [5.41, 5.74) is 2.06. The first-order chi connectivity index (χ1) is 10.2. The van der Waals surface area contributed by atoms with Gasteiger partial charge in [-0.15, -0.1) is 0 Å². The standard InChI is InChI=1S/C16H27N3O2/c1-4-5-17-10-15-12-21-7-6-19(15)11-14-9-16(20-3)8-13(2)18-14/h8-9,15,17H,4-7,10-12H2,1-3H3. The van der Waals surface area contributed by atoms with Crippen LogP contribution in [0.15, 0.2) is 12.1 Å². The molecule has 1 unspecified atom stereocenters. The number of aromatic nitrogens is 1. The van der Waals surface area contributed by atoms with Crippen LogP contribution in [-0.4, -0.2) is 55.9 Å². The lowest BCUT2D eigenvalue weighted by Crippen LogP contribution is -2.50. The van der Waals surface area contributed by atoms with Crippen molar-refractivity contribution in [3.05, 3.63) is 23.5 Å². The Morgan fingerprint density at radius 1 is 1.48 bits per heavy atom. The summed E-state index contributed by atoms with van der Waals surface area (Å²) < 4.78 is 11.0. The number of aryl methyl sites for hydroxylation is 1. The van der Waals surface area contributed by atoms with E-state index in [-0.39, 0.29) is 0 Å². The number of hydrogen-bond acceptors (Lipinski definition) is 5. The van der Waals surface area contributed by atoms with Gasteiger partial charge in [0.15, 0.2) is 0 Å². The molecule has 1 aliphatic rings. The highest BCUT2D eigenvalue weighted by atomic mass is 16.5. The summed E-state index contributed by atoms with van der Waals surface area (Å²) in [6.07, 6.45) is 1.16. The lowest BCUT2D eigenvalue weighted by Gasteiger charge is -2.35. The van der Waals surface area contributed by atoms with Gasteiger partial charge in [0.2, 0.25) is 0 Å². The lowest BCUT2D eigenvalue weighted by molar-refractivity contribution is -0.0114. The second-order valence-electron chi connectivity index (χ2n) is 5.54. The summed E-state index contributed by atoms with van der Waals surface area (Å²) in [5.74, 6) is 0.881. The summed E-state index contributed by atoms with van der Waals surface area (Å²) in [7, 11) is 1.70. The molecule has 0 spiro atoms. The Morgan fingerprint density at radius 2 is 2.33 bits per heavy atom. The van der Waals surface area contributed by atoms with E-state index in [4.69, 9.17) is 9.47 Å². The fourth-order valence-corrected chi connectivity index (χ4v) is 2.64. The summed E-state index contributed by atoms with van der Waals surface area (Å²) in [6, 6.07) is 4.40. The SMILES string of the molecule is CCCNCC1COCCN1Cc1cc(OC)cc(C)n1. The molecule has 118 valence electrons. The van der Waals surface area contributed by atoms with E-state index in [2.05, 4.69) is 22.1 Å². The first-order valence-electron chi connectivity index (χ1n) is 7.77. The molecule has 5 heteroatoms. The highest BCUT2D eigenvalue weighted by Gasteiger charge is 2.23. The van der Waals surface area contributed by atoms with Crippen molar-refractivity contribution in [3.8, 4) is 5.75 Å². The Kier molecular flexibility index (Phi) is 6.42. The van der Waals surface area contributed by atoms with E-state index in [0.717, 1.165) is 63.0 Å². The van der Waals surface area contributed by atoms with Crippen LogP contribution in [0.25, 0.3) is 0 Å². The maximum Gasteiger partial charge on any atom is 0.122 e. The summed E-state index contributed by atoms with van der Waals surface area (Å²) in [4.78, 5) is 7.08. The predicted octanol–water partition coefficient (Wildman–Crippen LogP) is 1.60. The van der Waals surface area contributed by atoms with Crippen LogP contribution in [0.4, 0.5) is 0 Å². The number of hydrogen-bond donors (Lipinski definition) is 1. The number of methoxy groups -OCH3 is 1. The van der Waals surface area contributed by atoms with Crippen LogP contribution in [-0.2, 0) is 11.3 Å². The molecule has 21 heavy (non-hydrogen) atoms. The van der Waals surface area contributed by atoms with Crippen LogP contribution in [0.5, 0.6) is 5.75 Å². The Balaban J connectivity index is 1.99. The zero-order valence-corrected chi connectivity index (χ0v) is 13.4. The molecule has 1 aliphatic heterocycles. The topological polar surface area (TPSA) is 46.6 Å². The number of pyridine rings is 1. The van der Waals surface area contributed by atoms with E-state index in [1.165, 1.54) is 0 Å². The smallest absolute Gasteiger partial charge is 0.122 e. The van der Waals surface area contributed by atoms with Gasteiger partial charge in [0.1, 0.15) is 5.75 Å². The minimum atomic E-state index is 0.415. The molecule has 1 saturated heterocycles. The van der Waals surface area contributed by atoms with Gasteiger partial charge in [-0.25, -0.2) is 0 Å². The van der Waals surface area contributed by atoms with Crippen molar-refractivity contribution in [1.29, 1.82) is 0 Å². The van der Waals surface area contributed by atoms with Gasteiger partial charge in [-0.1, -0.05) is 6.92 Å². The number of rotatable bonds is 7. The maximum absolute atomic E-state index is 5.62. The van der Waals surface area contributed by atoms with Crippen LogP contribution in [0.3, 0.4) is 0 Å². The first kappa shape index (κ1) is 16.2. The zero-order valence-electron chi connectivity index (χ0n) is 13.4. The van der Waals surface area contributed by atoms with Gasteiger partial charge in [0.25, 0.3) is 0 Å². The number of nitrogens with one attached hydrogen (secondary N) is 1. The van der Waals surface area contributed by atoms with Crippen LogP contribution < -0.4 is 10.1 Å². The van der Waals surface area contributed by atoms with Crippen LogP contribution in [0.2, 0.25) is 0 Å². The quantitative estimate of drug-likeness (QED) is 0.774. The molecule has 1 aromatic rings. The van der Waals surface area contributed by atoms with Crippen LogP contribution in [0, 0.1) is 6.92 Å².